The van der Waals surface area contributed by atoms with Crippen LogP contribution in [0.2, 0.25) is 0 Å². The minimum absolute atomic E-state index is 0.0135. The Balaban J connectivity index is 1.58. The van der Waals surface area contributed by atoms with E-state index >= 15 is 0 Å². The standard InChI is InChI=1S/C24H32F3N3O3/c1-15-13-30(22(31)17-5-8-28-12-17)14-20(15)19-4-3-18(24(25,26)27)11-21(19)29-9-6-16(7-10-29)23(32)33-2/h3-4,11,15-17,20,28H,5-10,12-14H2,1-2H3/t15-,17?,20?/m0/s1. The molecular formula is C24H32F3N3O3. The third-order valence-corrected chi connectivity index (χ3v) is 7.46. The molecule has 3 aliphatic rings. The van der Waals surface area contributed by atoms with E-state index in [-0.39, 0.29) is 35.5 Å². The normalized spacial score (nSPS) is 26.6. The number of hydrogen-bond donors (Lipinski definition) is 1. The zero-order valence-corrected chi connectivity index (χ0v) is 19.2. The average Bonchev–Trinajstić information content (AvgIpc) is 3.47. The van der Waals surface area contributed by atoms with Crippen LogP contribution in [-0.4, -0.2) is 63.2 Å². The molecule has 3 aliphatic heterocycles. The van der Waals surface area contributed by atoms with E-state index < -0.39 is 11.7 Å². The van der Waals surface area contributed by atoms with Crippen molar-refractivity contribution in [1.29, 1.82) is 0 Å². The van der Waals surface area contributed by atoms with Gasteiger partial charge in [0, 0.05) is 44.3 Å². The topological polar surface area (TPSA) is 61.9 Å². The number of ether oxygens (including phenoxy) is 1. The van der Waals surface area contributed by atoms with Crippen molar-refractivity contribution < 1.29 is 27.5 Å². The van der Waals surface area contributed by atoms with E-state index in [2.05, 4.69) is 12.2 Å². The molecule has 0 aromatic heterocycles. The molecule has 0 bridgehead atoms. The summed E-state index contributed by atoms with van der Waals surface area (Å²) < 4.78 is 45.5. The molecule has 0 aliphatic carbocycles. The van der Waals surface area contributed by atoms with Gasteiger partial charge in [0.25, 0.3) is 0 Å². The number of methoxy groups -OCH3 is 1. The van der Waals surface area contributed by atoms with Gasteiger partial charge in [-0.05, 0) is 49.4 Å². The number of amides is 1. The highest BCUT2D eigenvalue weighted by molar-refractivity contribution is 5.80. The number of alkyl halides is 3. The summed E-state index contributed by atoms with van der Waals surface area (Å²) in [6, 6.07) is 3.99. The zero-order valence-electron chi connectivity index (χ0n) is 19.2. The Labute approximate surface area is 192 Å². The maximum absolute atomic E-state index is 13.5. The van der Waals surface area contributed by atoms with Gasteiger partial charge in [-0.25, -0.2) is 0 Å². The molecule has 33 heavy (non-hydrogen) atoms. The lowest BCUT2D eigenvalue weighted by atomic mass is 9.87. The first-order valence-electron chi connectivity index (χ1n) is 11.7. The van der Waals surface area contributed by atoms with E-state index in [9.17, 15) is 22.8 Å². The number of nitrogens with one attached hydrogen (secondary N) is 1. The summed E-state index contributed by atoms with van der Waals surface area (Å²) in [4.78, 5) is 28.7. The van der Waals surface area contributed by atoms with Gasteiger partial charge < -0.3 is 19.9 Å². The molecule has 1 aromatic rings. The monoisotopic (exact) mass is 467 g/mol. The fourth-order valence-corrected chi connectivity index (χ4v) is 5.51. The van der Waals surface area contributed by atoms with Crippen molar-refractivity contribution in [3.05, 3.63) is 29.3 Å². The molecular weight excluding hydrogens is 435 g/mol. The molecule has 1 N–H and O–H groups in total. The van der Waals surface area contributed by atoms with Crippen molar-refractivity contribution >= 4 is 17.6 Å². The van der Waals surface area contributed by atoms with Gasteiger partial charge in [0.05, 0.1) is 24.5 Å². The molecule has 3 heterocycles. The van der Waals surface area contributed by atoms with Crippen LogP contribution in [0.4, 0.5) is 18.9 Å². The molecule has 3 fully saturated rings. The molecule has 9 heteroatoms. The molecule has 0 radical (unpaired) electrons. The number of hydrogen-bond acceptors (Lipinski definition) is 5. The van der Waals surface area contributed by atoms with Crippen LogP contribution in [0.15, 0.2) is 18.2 Å². The van der Waals surface area contributed by atoms with Crippen molar-refractivity contribution in [2.75, 3.05) is 51.3 Å². The molecule has 1 amide bonds. The van der Waals surface area contributed by atoms with E-state index in [1.165, 1.54) is 13.2 Å². The van der Waals surface area contributed by atoms with Gasteiger partial charge in [0.15, 0.2) is 0 Å². The summed E-state index contributed by atoms with van der Waals surface area (Å²) in [5, 5.41) is 3.23. The molecule has 0 saturated carbocycles. The number of esters is 1. The first-order valence-corrected chi connectivity index (χ1v) is 11.7. The lowest BCUT2D eigenvalue weighted by Gasteiger charge is -2.35. The van der Waals surface area contributed by atoms with Crippen LogP contribution in [0.1, 0.15) is 43.2 Å². The van der Waals surface area contributed by atoms with Crippen LogP contribution < -0.4 is 10.2 Å². The number of carbonyl (C=O) groups is 2. The molecule has 4 rings (SSSR count). The smallest absolute Gasteiger partial charge is 0.416 e. The second-order valence-electron chi connectivity index (χ2n) is 9.57. The van der Waals surface area contributed by atoms with Gasteiger partial charge in [0.2, 0.25) is 5.91 Å². The molecule has 3 saturated heterocycles. The molecule has 6 nitrogen and oxygen atoms in total. The van der Waals surface area contributed by atoms with Gasteiger partial charge in [-0.2, -0.15) is 13.2 Å². The third-order valence-electron chi connectivity index (χ3n) is 7.46. The van der Waals surface area contributed by atoms with Crippen LogP contribution in [0.25, 0.3) is 0 Å². The third kappa shape index (κ3) is 4.98. The van der Waals surface area contributed by atoms with Crippen LogP contribution in [-0.2, 0) is 20.5 Å². The largest absolute Gasteiger partial charge is 0.469 e. The predicted molar refractivity (Wildman–Crippen MR) is 118 cm³/mol. The number of halogens is 3. The highest BCUT2D eigenvalue weighted by atomic mass is 19.4. The Morgan fingerprint density at radius 1 is 1.09 bits per heavy atom. The SMILES string of the molecule is COC(=O)C1CCN(c2cc(C(F)(F)F)ccc2C2CN(C(=O)C3CCNC3)C[C@@H]2C)CC1. The molecule has 2 unspecified atom stereocenters. The second kappa shape index (κ2) is 9.52. The van der Waals surface area contributed by atoms with Gasteiger partial charge >= 0.3 is 12.1 Å². The second-order valence-corrected chi connectivity index (χ2v) is 9.57. The van der Waals surface area contributed by atoms with E-state index in [1.807, 2.05) is 9.80 Å². The maximum atomic E-state index is 13.5. The lowest BCUT2D eigenvalue weighted by molar-refractivity contribution is -0.146. The maximum Gasteiger partial charge on any atom is 0.416 e. The Morgan fingerprint density at radius 3 is 2.42 bits per heavy atom. The highest BCUT2D eigenvalue weighted by Crippen LogP contribution is 2.42. The average molecular weight is 468 g/mol. The predicted octanol–water partition coefficient (Wildman–Crippen LogP) is 3.27. The Morgan fingerprint density at radius 2 is 1.82 bits per heavy atom. The quantitative estimate of drug-likeness (QED) is 0.689. The summed E-state index contributed by atoms with van der Waals surface area (Å²) in [6.07, 6.45) is -2.52. The van der Waals surface area contributed by atoms with Crippen LogP contribution >= 0.6 is 0 Å². The minimum atomic E-state index is -4.43. The summed E-state index contributed by atoms with van der Waals surface area (Å²) in [5.74, 6) is -0.245. The number of piperidine rings is 1. The number of nitrogens with zero attached hydrogens (tertiary/aromatic N) is 2. The number of likely N-dealkylation sites (tertiary alicyclic amines) is 1. The van der Waals surface area contributed by atoms with Crippen molar-refractivity contribution in [2.45, 2.75) is 38.3 Å². The lowest BCUT2D eigenvalue weighted by Crippen LogP contribution is -2.38. The summed E-state index contributed by atoms with van der Waals surface area (Å²) in [5.41, 5.74) is 0.751. The Hall–Kier alpha value is -2.29. The number of benzene rings is 1. The fourth-order valence-electron chi connectivity index (χ4n) is 5.51. The fraction of sp³-hybridized carbons (Fsp3) is 0.667. The summed E-state index contributed by atoms with van der Waals surface area (Å²) in [7, 11) is 1.36. The first-order chi connectivity index (χ1) is 15.7. The summed E-state index contributed by atoms with van der Waals surface area (Å²) >= 11 is 0. The van der Waals surface area contributed by atoms with E-state index in [0.717, 1.165) is 24.6 Å². The highest BCUT2D eigenvalue weighted by Gasteiger charge is 2.40. The zero-order chi connectivity index (χ0) is 23.8. The van der Waals surface area contributed by atoms with Crippen molar-refractivity contribution in [3.8, 4) is 0 Å². The number of anilines is 1. The summed E-state index contributed by atoms with van der Waals surface area (Å²) in [6.45, 7) is 5.72. The molecule has 1 aromatic carbocycles. The number of carbonyl (C=O) groups excluding carboxylic acids is 2. The van der Waals surface area contributed by atoms with E-state index in [0.29, 0.717) is 51.3 Å². The van der Waals surface area contributed by atoms with Gasteiger partial charge in [-0.3, -0.25) is 9.59 Å². The van der Waals surface area contributed by atoms with Crippen molar-refractivity contribution in [2.24, 2.45) is 17.8 Å². The first kappa shape index (κ1) is 23.9. The Bertz CT molecular complexity index is 877. The molecule has 3 atom stereocenters. The van der Waals surface area contributed by atoms with Crippen molar-refractivity contribution in [3.63, 3.8) is 0 Å². The van der Waals surface area contributed by atoms with Gasteiger partial charge in [0.1, 0.15) is 0 Å². The minimum Gasteiger partial charge on any atom is -0.469 e. The van der Waals surface area contributed by atoms with Gasteiger partial charge in [-0.15, -0.1) is 0 Å². The van der Waals surface area contributed by atoms with Crippen molar-refractivity contribution in [1.82, 2.24) is 10.2 Å². The van der Waals surface area contributed by atoms with Gasteiger partial charge in [-0.1, -0.05) is 13.0 Å². The van der Waals surface area contributed by atoms with Crippen LogP contribution in [0, 0.1) is 17.8 Å². The van der Waals surface area contributed by atoms with Crippen LogP contribution in [0.5, 0.6) is 0 Å². The van der Waals surface area contributed by atoms with E-state index in [1.54, 1.807) is 6.07 Å². The van der Waals surface area contributed by atoms with Crippen LogP contribution in [0.3, 0.4) is 0 Å². The van der Waals surface area contributed by atoms with E-state index in [4.69, 9.17) is 4.74 Å². The molecule has 182 valence electrons. The molecule has 0 spiro atoms. The Kier molecular flexibility index (Phi) is 6.88. The number of rotatable bonds is 4.